The zero-order valence-electron chi connectivity index (χ0n) is 24.4. The number of nitrogens with one attached hydrogen (secondary N) is 2. The number of carbonyl (C=O) groups is 2. The van der Waals surface area contributed by atoms with Gasteiger partial charge in [-0.05, 0) is 81.3 Å². The smallest absolute Gasteiger partial charge is 0.262 e. The summed E-state index contributed by atoms with van der Waals surface area (Å²) >= 11 is 1.76. The van der Waals surface area contributed by atoms with E-state index < -0.39 is 11.9 Å². The highest BCUT2D eigenvalue weighted by molar-refractivity contribution is 7.11. The van der Waals surface area contributed by atoms with Gasteiger partial charge < -0.3 is 5.32 Å². The van der Waals surface area contributed by atoms with Crippen LogP contribution in [0.5, 0.6) is 0 Å². The fraction of sp³-hybridized carbons (Fsp3) is 0.594. The monoisotopic (exact) mass is 575 g/mol. The van der Waals surface area contributed by atoms with Crippen molar-refractivity contribution in [2.45, 2.75) is 103 Å². The van der Waals surface area contributed by atoms with Crippen LogP contribution in [0.4, 0.5) is 0 Å². The minimum Gasteiger partial charge on any atom is -0.306 e. The van der Waals surface area contributed by atoms with Crippen LogP contribution < -0.4 is 16.2 Å². The van der Waals surface area contributed by atoms with E-state index in [-0.39, 0.29) is 23.4 Å². The molecule has 218 valence electrons. The third-order valence-electron chi connectivity index (χ3n) is 9.64. The number of amides is 2. The van der Waals surface area contributed by atoms with Crippen molar-refractivity contribution in [1.82, 2.24) is 25.2 Å². The molecule has 2 N–H and O–H groups in total. The van der Waals surface area contributed by atoms with Gasteiger partial charge in [0.15, 0.2) is 0 Å². The summed E-state index contributed by atoms with van der Waals surface area (Å²) in [5.74, 6) is 2.22. The lowest BCUT2D eigenvalue weighted by Crippen LogP contribution is -2.54. The molecule has 5 atom stereocenters. The van der Waals surface area contributed by atoms with Gasteiger partial charge >= 0.3 is 0 Å². The van der Waals surface area contributed by atoms with E-state index in [4.69, 9.17) is 4.98 Å². The van der Waals surface area contributed by atoms with Gasteiger partial charge in [0.1, 0.15) is 11.9 Å². The lowest BCUT2D eigenvalue weighted by Gasteiger charge is -2.51. The summed E-state index contributed by atoms with van der Waals surface area (Å²) in [6.07, 6.45) is 11.9. The van der Waals surface area contributed by atoms with Gasteiger partial charge in [-0.1, -0.05) is 32.4 Å². The van der Waals surface area contributed by atoms with Crippen LogP contribution in [0.1, 0.15) is 92.5 Å². The molecule has 3 aliphatic rings. The molecule has 2 bridgehead atoms. The summed E-state index contributed by atoms with van der Waals surface area (Å²) in [7, 11) is 0. The summed E-state index contributed by atoms with van der Waals surface area (Å²) in [6.45, 7) is 7.37. The average Bonchev–Trinajstić information content (AvgIpc) is 3.39. The molecule has 2 amide bonds. The zero-order chi connectivity index (χ0) is 28.7. The van der Waals surface area contributed by atoms with Crippen LogP contribution >= 0.6 is 11.3 Å². The topological polar surface area (TPSA) is 106 Å². The maximum absolute atomic E-state index is 13.7. The van der Waals surface area contributed by atoms with E-state index in [1.54, 1.807) is 18.3 Å². The molecule has 2 aliphatic carbocycles. The number of carbonyl (C=O) groups excluding carboxylic acids is 2. The minimum absolute atomic E-state index is 0.211. The third-order valence-corrected chi connectivity index (χ3v) is 10.7. The van der Waals surface area contributed by atoms with E-state index in [1.165, 1.54) is 48.0 Å². The van der Waals surface area contributed by atoms with Crippen LogP contribution in [0, 0.1) is 24.7 Å². The Balaban J connectivity index is 1.17. The van der Waals surface area contributed by atoms with E-state index in [0.29, 0.717) is 29.6 Å². The number of rotatable bonds is 8. The molecule has 1 aromatic carbocycles. The van der Waals surface area contributed by atoms with Crippen LogP contribution in [0.3, 0.4) is 0 Å². The standard InChI is InChI=1S/C32H41N5O3S/c1-4-21-13-22-12-19(2)14-32(15-21,16-22)34-18-24-17-33-28(41-24)11-8-23-6-5-7-25-29(23)31(40)37(20(3)35-25)26-9-10-27(38)36-30(26)39/h5-7,17,19,21-22,26,34H,4,8-16,18H2,1-3H3,(H,36,38,39). The van der Waals surface area contributed by atoms with Gasteiger partial charge in [-0.15, -0.1) is 11.3 Å². The van der Waals surface area contributed by atoms with Gasteiger partial charge in [0.25, 0.3) is 5.56 Å². The minimum atomic E-state index is -0.724. The molecule has 2 aromatic heterocycles. The molecule has 1 aliphatic heterocycles. The van der Waals surface area contributed by atoms with Gasteiger partial charge in [0.2, 0.25) is 11.8 Å². The molecule has 9 heteroatoms. The number of aromatic nitrogens is 3. The molecular weight excluding hydrogens is 534 g/mol. The third kappa shape index (κ3) is 5.75. The van der Waals surface area contributed by atoms with Crippen LogP contribution in [0.2, 0.25) is 0 Å². The number of piperidine rings is 1. The van der Waals surface area contributed by atoms with E-state index >= 15 is 0 Å². The van der Waals surface area contributed by atoms with Gasteiger partial charge in [-0.3, -0.25) is 24.3 Å². The lowest BCUT2D eigenvalue weighted by molar-refractivity contribution is -0.135. The quantitative estimate of drug-likeness (QED) is 0.366. The van der Waals surface area contributed by atoms with Gasteiger partial charge in [-0.25, -0.2) is 9.97 Å². The second kappa shape index (κ2) is 11.4. The average molecular weight is 576 g/mol. The Morgan fingerprint density at radius 2 is 2.00 bits per heavy atom. The maximum atomic E-state index is 13.7. The molecule has 5 unspecified atom stereocenters. The van der Waals surface area contributed by atoms with Crippen molar-refractivity contribution in [3.8, 4) is 0 Å². The molecule has 3 fully saturated rings. The van der Waals surface area contributed by atoms with E-state index in [9.17, 15) is 14.4 Å². The fourth-order valence-corrected chi connectivity index (χ4v) is 8.87. The van der Waals surface area contributed by atoms with Crippen molar-refractivity contribution in [3.63, 3.8) is 0 Å². The number of hydrogen-bond donors (Lipinski definition) is 2. The summed E-state index contributed by atoms with van der Waals surface area (Å²) in [5.41, 5.74) is 1.58. The molecule has 41 heavy (non-hydrogen) atoms. The number of imide groups is 1. The highest BCUT2D eigenvalue weighted by Gasteiger charge is 2.44. The normalized spacial score (nSPS) is 28.2. The van der Waals surface area contributed by atoms with Gasteiger partial charge in [0.05, 0.1) is 15.9 Å². The largest absolute Gasteiger partial charge is 0.306 e. The van der Waals surface area contributed by atoms with Crippen LogP contribution in [0.15, 0.2) is 29.2 Å². The van der Waals surface area contributed by atoms with Gasteiger partial charge in [0, 0.05) is 36.0 Å². The van der Waals surface area contributed by atoms with Gasteiger partial charge in [-0.2, -0.15) is 0 Å². The zero-order valence-corrected chi connectivity index (χ0v) is 25.2. The first-order valence-corrected chi connectivity index (χ1v) is 16.1. The first kappa shape index (κ1) is 28.2. The van der Waals surface area contributed by atoms with Crippen LogP contribution in [0.25, 0.3) is 10.9 Å². The van der Waals surface area contributed by atoms with Crippen LogP contribution in [-0.4, -0.2) is 31.9 Å². The molecule has 3 aromatic rings. The Morgan fingerprint density at radius 3 is 2.80 bits per heavy atom. The molecule has 1 saturated heterocycles. The van der Waals surface area contributed by atoms with Crippen molar-refractivity contribution < 1.29 is 9.59 Å². The molecule has 6 rings (SSSR count). The molecule has 2 saturated carbocycles. The summed E-state index contributed by atoms with van der Waals surface area (Å²) in [6, 6.07) is 5.03. The van der Waals surface area contributed by atoms with Crippen molar-refractivity contribution in [2.75, 3.05) is 0 Å². The summed E-state index contributed by atoms with van der Waals surface area (Å²) in [5, 5.41) is 7.98. The molecular formula is C32H41N5O3S. The van der Waals surface area contributed by atoms with Crippen molar-refractivity contribution in [1.29, 1.82) is 0 Å². The number of hydrogen-bond acceptors (Lipinski definition) is 7. The summed E-state index contributed by atoms with van der Waals surface area (Å²) < 4.78 is 1.46. The number of benzene rings is 1. The Labute approximate surface area is 245 Å². The predicted molar refractivity (Wildman–Crippen MR) is 161 cm³/mol. The summed E-state index contributed by atoms with van der Waals surface area (Å²) in [4.78, 5) is 48.7. The van der Waals surface area contributed by atoms with E-state index in [2.05, 4.69) is 29.5 Å². The van der Waals surface area contributed by atoms with Crippen molar-refractivity contribution in [3.05, 3.63) is 56.0 Å². The number of nitrogens with zero attached hydrogens (tertiary/aromatic N) is 3. The fourth-order valence-electron chi connectivity index (χ4n) is 8.01. The number of fused-ring (bicyclic) bond motifs is 3. The maximum Gasteiger partial charge on any atom is 0.262 e. The molecule has 3 heterocycles. The number of aryl methyl sites for hydroxylation is 3. The van der Waals surface area contributed by atoms with E-state index in [0.717, 1.165) is 41.3 Å². The molecule has 8 nitrogen and oxygen atoms in total. The first-order chi connectivity index (χ1) is 19.7. The Hall–Kier alpha value is -2.91. The van der Waals surface area contributed by atoms with Crippen molar-refractivity contribution >= 4 is 34.1 Å². The second-order valence-electron chi connectivity index (χ2n) is 12.8. The Bertz CT molecular complexity index is 1530. The predicted octanol–water partition coefficient (Wildman–Crippen LogP) is 5.01. The van der Waals surface area contributed by atoms with Crippen molar-refractivity contribution in [2.24, 2.45) is 17.8 Å². The highest BCUT2D eigenvalue weighted by atomic mass is 32.1. The Kier molecular flexibility index (Phi) is 7.85. The van der Waals surface area contributed by atoms with E-state index in [1.807, 2.05) is 24.4 Å². The molecule has 0 radical (unpaired) electrons. The second-order valence-corrected chi connectivity index (χ2v) is 14.0. The number of thiazole rings is 1. The first-order valence-electron chi connectivity index (χ1n) is 15.3. The highest BCUT2D eigenvalue weighted by Crippen LogP contribution is 2.48. The SMILES string of the molecule is CCC1CC2CC(C)CC(NCc3cnc(CCc4cccc5nc(C)n(C6CCC(=O)NC6=O)c(=O)c45)s3)(C1)C2. The molecule has 0 spiro atoms. The Morgan fingerprint density at radius 1 is 1.15 bits per heavy atom. The van der Waals surface area contributed by atoms with Crippen LogP contribution in [-0.2, 0) is 29.0 Å². The lowest BCUT2D eigenvalue weighted by atomic mass is 9.60.